The molecular weight excluding hydrogens is 232 g/mol. The van der Waals surface area contributed by atoms with Crippen LogP contribution in [0.15, 0.2) is 6.20 Å². The lowest BCUT2D eigenvalue weighted by Crippen LogP contribution is -2.09. The Morgan fingerprint density at radius 1 is 1.56 bits per heavy atom. The Hall–Kier alpha value is -2.11. The Morgan fingerprint density at radius 2 is 2.28 bits per heavy atom. The van der Waals surface area contributed by atoms with E-state index >= 15 is 0 Å². The third kappa shape index (κ3) is 1.90. The average Bonchev–Trinajstić information content (AvgIpc) is 2.69. The van der Waals surface area contributed by atoms with E-state index < -0.39 is 5.97 Å². The Bertz CT molecular complexity index is 604. The minimum atomic E-state index is -1.05. The van der Waals surface area contributed by atoms with Crippen LogP contribution in [0.25, 0.3) is 11.0 Å². The lowest BCUT2D eigenvalue weighted by atomic mass is 10.1. The van der Waals surface area contributed by atoms with Gasteiger partial charge in [0.2, 0.25) is 0 Å². The van der Waals surface area contributed by atoms with Gasteiger partial charge in [0.15, 0.2) is 5.65 Å². The SMILES string of the molecule is CCCCn1ncc2c(N)c(C(=O)O)c(C)nc21. The molecule has 0 amide bonds. The van der Waals surface area contributed by atoms with Crippen molar-refractivity contribution in [2.45, 2.75) is 33.2 Å². The van der Waals surface area contributed by atoms with Gasteiger partial charge in [-0.25, -0.2) is 14.5 Å². The first-order valence-electron chi connectivity index (χ1n) is 5.91. The number of hydrogen-bond donors (Lipinski definition) is 2. The molecule has 18 heavy (non-hydrogen) atoms. The fourth-order valence-corrected chi connectivity index (χ4v) is 1.97. The van der Waals surface area contributed by atoms with Crippen LogP contribution in [0.5, 0.6) is 0 Å². The van der Waals surface area contributed by atoms with Crippen LogP contribution in [0.4, 0.5) is 5.69 Å². The van der Waals surface area contributed by atoms with Crippen molar-refractivity contribution in [1.82, 2.24) is 14.8 Å². The Morgan fingerprint density at radius 3 is 2.89 bits per heavy atom. The molecule has 2 aromatic heterocycles. The number of aromatic nitrogens is 3. The largest absolute Gasteiger partial charge is 0.478 e. The summed E-state index contributed by atoms with van der Waals surface area (Å²) in [4.78, 5) is 15.4. The summed E-state index contributed by atoms with van der Waals surface area (Å²) in [6.07, 6.45) is 3.64. The number of hydrogen-bond acceptors (Lipinski definition) is 4. The molecule has 0 saturated carbocycles. The monoisotopic (exact) mass is 248 g/mol. The summed E-state index contributed by atoms with van der Waals surface area (Å²) >= 11 is 0. The minimum absolute atomic E-state index is 0.0672. The number of nitrogen functional groups attached to an aromatic ring is 1. The molecule has 0 saturated heterocycles. The Kier molecular flexibility index (Phi) is 3.18. The standard InChI is InChI=1S/C12H16N4O2/c1-3-4-5-16-11-8(6-14-16)10(13)9(12(17)18)7(2)15-11/h6H,3-5H2,1-2H3,(H2,13,15)(H,17,18). The molecular formula is C12H16N4O2. The average molecular weight is 248 g/mol. The molecule has 0 aliphatic rings. The van der Waals surface area contributed by atoms with E-state index in [1.807, 2.05) is 0 Å². The summed E-state index contributed by atoms with van der Waals surface area (Å²) in [6, 6.07) is 0. The molecule has 0 fully saturated rings. The molecule has 3 N–H and O–H groups in total. The van der Waals surface area contributed by atoms with Crippen LogP contribution in [-0.4, -0.2) is 25.8 Å². The number of anilines is 1. The molecule has 0 radical (unpaired) electrons. The Balaban J connectivity index is 2.61. The normalized spacial score (nSPS) is 11.0. The highest BCUT2D eigenvalue weighted by molar-refractivity contribution is 6.03. The Labute approximate surface area is 104 Å². The number of nitrogens with zero attached hydrogens (tertiary/aromatic N) is 3. The number of carbonyl (C=O) groups is 1. The van der Waals surface area contributed by atoms with Crippen molar-refractivity contribution < 1.29 is 9.90 Å². The minimum Gasteiger partial charge on any atom is -0.478 e. The van der Waals surface area contributed by atoms with Gasteiger partial charge in [-0.15, -0.1) is 0 Å². The van der Waals surface area contributed by atoms with Gasteiger partial charge in [-0.1, -0.05) is 13.3 Å². The lowest BCUT2D eigenvalue weighted by molar-refractivity contribution is 0.0697. The molecule has 6 nitrogen and oxygen atoms in total. The van der Waals surface area contributed by atoms with Crippen LogP contribution < -0.4 is 5.73 Å². The van der Waals surface area contributed by atoms with Crippen LogP contribution in [0.2, 0.25) is 0 Å². The van der Waals surface area contributed by atoms with E-state index in [0.29, 0.717) is 16.7 Å². The summed E-state index contributed by atoms with van der Waals surface area (Å²) in [5.41, 5.74) is 7.28. The number of carboxylic acid groups (broad SMARTS) is 1. The smallest absolute Gasteiger partial charge is 0.339 e. The number of fused-ring (bicyclic) bond motifs is 1. The summed E-state index contributed by atoms with van der Waals surface area (Å²) in [5, 5.41) is 13.9. The van der Waals surface area contributed by atoms with Gasteiger partial charge in [0.25, 0.3) is 0 Å². The van der Waals surface area contributed by atoms with E-state index in [2.05, 4.69) is 17.0 Å². The molecule has 2 rings (SSSR count). The summed E-state index contributed by atoms with van der Waals surface area (Å²) in [6.45, 7) is 4.51. The van der Waals surface area contributed by atoms with E-state index in [0.717, 1.165) is 19.4 Å². The van der Waals surface area contributed by atoms with Gasteiger partial charge in [0, 0.05) is 6.54 Å². The van der Waals surface area contributed by atoms with Crippen LogP contribution in [0.3, 0.4) is 0 Å². The highest BCUT2D eigenvalue weighted by atomic mass is 16.4. The number of nitrogens with two attached hydrogens (primary N) is 1. The number of unbranched alkanes of at least 4 members (excludes halogenated alkanes) is 1. The maximum Gasteiger partial charge on any atom is 0.339 e. The summed E-state index contributed by atoms with van der Waals surface area (Å²) < 4.78 is 1.77. The number of rotatable bonds is 4. The number of pyridine rings is 1. The van der Waals surface area contributed by atoms with E-state index in [1.54, 1.807) is 17.8 Å². The van der Waals surface area contributed by atoms with Gasteiger partial charge < -0.3 is 10.8 Å². The van der Waals surface area contributed by atoms with Gasteiger partial charge in [-0.2, -0.15) is 5.10 Å². The summed E-state index contributed by atoms with van der Waals surface area (Å²) in [5.74, 6) is -1.05. The molecule has 2 aromatic rings. The molecule has 96 valence electrons. The second-order valence-electron chi connectivity index (χ2n) is 4.25. The molecule has 0 spiro atoms. The maximum absolute atomic E-state index is 11.1. The van der Waals surface area contributed by atoms with Gasteiger partial charge in [0.1, 0.15) is 5.56 Å². The summed E-state index contributed by atoms with van der Waals surface area (Å²) in [7, 11) is 0. The number of carboxylic acids is 1. The zero-order valence-corrected chi connectivity index (χ0v) is 10.5. The van der Waals surface area contributed by atoms with Crippen LogP contribution in [-0.2, 0) is 6.54 Å². The lowest BCUT2D eigenvalue weighted by Gasteiger charge is -2.07. The molecule has 0 aliphatic heterocycles. The third-order valence-electron chi connectivity index (χ3n) is 2.94. The van der Waals surface area contributed by atoms with Crippen molar-refractivity contribution in [3.05, 3.63) is 17.5 Å². The van der Waals surface area contributed by atoms with E-state index in [1.165, 1.54) is 0 Å². The maximum atomic E-state index is 11.1. The third-order valence-corrected chi connectivity index (χ3v) is 2.94. The first-order chi connectivity index (χ1) is 8.56. The molecule has 0 bridgehead atoms. The van der Waals surface area contributed by atoms with E-state index in [4.69, 9.17) is 10.8 Å². The van der Waals surface area contributed by atoms with Crippen molar-refractivity contribution in [1.29, 1.82) is 0 Å². The van der Waals surface area contributed by atoms with E-state index in [-0.39, 0.29) is 11.3 Å². The highest BCUT2D eigenvalue weighted by Crippen LogP contribution is 2.25. The molecule has 0 unspecified atom stereocenters. The van der Waals surface area contributed by atoms with Crippen molar-refractivity contribution >= 4 is 22.7 Å². The van der Waals surface area contributed by atoms with Crippen LogP contribution in [0.1, 0.15) is 35.8 Å². The van der Waals surface area contributed by atoms with Crippen LogP contribution in [0, 0.1) is 6.92 Å². The number of aryl methyl sites for hydroxylation is 2. The van der Waals surface area contributed by atoms with E-state index in [9.17, 15) is 4.79 Å². The molecule has 2 heterocycles. The predicted octanol–water partition coefficient (Wildman–Crippen LogP) is 1.82. The van der Waals surface area contributed by atoms with Gasteiger partial charge in [-0.05, 0) is 13.3 Å². The molecule has 0 atom stereocenters. The molecule has 0 aromatic carbocycles. The van der Waals surface area contributed by atoms with Crippen LogP contribution >= 0.6 is 0 Å². The second kappa shape index (κ2) is 4.64. The fourth-order valence-electron chi connectivity index (χ4n) is 1.97. The number of aromatic carboxylic acids is 1. The quantitative estimate of drug-likeness (QED) is 0.860. The topological polar surface area (TPSA) is 94.0 Å². The van der Waals surface area contributed by atoms with Gasteiger partial charge in [-0.3, -0.25) is 0 Å². The van der Waals surface area contributed by atoms with Crippen molar-refractivity contribution in [3.8, 4) is 0 Å². The van der Waals surface area contributed by atoms with Crippen molar-refractivity contribution in [2.24, 2.45) is 0 Å². The zero-order chi connectivity index (χ0) is 13.3. The molecule has 6 heteroatoms. The van der Waals surface area contributed by atoms with Gasteiger partial charge >= 0.3 is 5.97 Å². The first kappa shape index (κ1) is 12.3. The first-order valence-corrected chi connectivity index (χ1v) is 5.91. The van der Waals surface area contributed by atoms with Crippen molar-refractivity contribution in [3.63, 3.8) is 0 Å². The molecule has 0 aliphatic carbocycles. The highest BCUT2D eigenvalue weighted by Gasteiger charge is 2.18. The zero-order valence-electron chi connectivity index (χ0n) is 10.5. The second-order valence-corrected chi connectivity index (χ2v) is 4.25. The predicted molar refractivity (Wildman–Crippen MR) is 68.5 cm³/mol. The van der Waals surface area contributed by atoms with Crippen molar-refractivity contribution in [2.75, 3.05) is 5.73 Å². The van der Waals surface area contributed by atoms with Gasteiger partial charge in [0.05, 0.1) is 23.0 Å². The fraction of sp³-hybridized carbons (Fsp3) is 0.417.